The molecule has 3 nitrogen and oxygen atoms in total. The molecule has 0 spiro atoms. The lowest BCUT2D eigenvalue weighted by Crippen LogP contribution is -2.19. The van der Waals surface area contributed by atoms with Gasteiger partial charge >= 0.3 is 0 Å². The maximum Gasteiger partial charge on any atom is 0.148 e. The number of nitriles is 1. The molecule has 3 heteroatoms. The summed E-state index contributed by atoms with van der Waals surface area (Å²) in [7, 11) is 0. The Hall–Kier alpha value is -2.21. The van der Waals surface area contributed by atoms with Crippen LogP contribution in [0.15, 0.2) is 30.3 Å². The van der Waals surface area contributed by atoms with Gasteiger partial charge in [0.15, 0.2) is 0 Å². The van der Waals surface area contributed by atoms with E-state index in [2.05, 4.69) is 29.0 Å². The maximum absolute atomic E-state index is 9.22. The Morgan fingerprint density at radius 1 is 1.11 bits per heavy atom. The first kappa shape index (κ1) is 13.2. The van der Waals surface area contributed by atoms with Gasteiger partial charge in [0, 0.05) is 11.3 Å². The second kappa shape index (κ2) is 4.81. The minimum atomic E-state index is -0.677. The van der Waals surface area contributed by atoms with Crippen molar-refractivity contribution in [1.29, 1.82) is 5.26 Å². The molecule has 0 fully saturated rings. The first-order chi connectivity index (χ1) is 8.94. The summed E-state index contributed by atoms with van der Waals surface area (Å²) in [5.41, 5.74) is 3.34. The predicted molar refractivity (Wildman–Crippen MR) is 75.6 cm³/mol. The van der Waals surface area contributed by atoms with Crippen molar-refractivity contribution in [1.82, 2.24) is 9.97 Å². The topological polar surface area (TPSA) is 49.6 Å². The number of rotatable bonds is 2. The number of aryl methyl sites for hydroxylation is 2. The van der Waals surface area contributed by atoms with E-state index < -0.39 is 5.41 Å². The molecule has 2 rings (SSSR count). The summed E-state index contributed by atoms with van der Waals surface area (Å²) in [5, 5.41) is 9.22. The predicted octanol–water partition coefficient (Wildman–Crippen LogP) is 3.56. The fourth-order valence-electron chi connectivity index (χ4n) is 1.90. The third-order valence-electron chi connectivity index (χ3n) is 3.11. The van der Waals surface area contributed by atoms with E-state index in [-0.39, 0.29) is 0 Å². The highest BCUT2D eigenvalue weighted by atomic mass is 14.9. The van der Waals surface area contributed by atoms with Gasteiger partial charge in [0.2, 0.25) is 0 Å². The molecule has 1 aromatic heterocycles. The SMILES string of the molecule is Cc1cc(-c2ccccc2C)nc(C(C)(C)C#N)n1. The molecule has 96 valence electrons. The average molecular weight is 251 g/mol. The summed E-state index contributed by atoms with van der Waals surface area (Å²) < 4.78 is 0. The van der Waals surface area contributed by atoms with E-state index in [4.69, 9.17) is 0 Å². The zero-order chi connectivity index (χ0) is 14.0. The molecule has 0 aliphatic rings. The molecule has 0 radical (unpaired) electrons. The monoisotopic (exact) mass is 251 g/mol. The molecule has 0 bridgehead atoms. The van der Waals surface area contributed by atoms with E-state index in [0.29, 0.717) is 5.82 Å². The van der Waals surface area contributed by atoms with Gasteiger partial charge in [0.25, 0.3) is 0 Å². The van der Waals surface area contributed by atoms with Gasteiger partial charge in [-0.15, -0.1) is 0 Å². The Labute approximate surface area is 114 Å². The zero-order valence-corrected chi connectivity index (χ0v) is 11.7. The number of hydrogen-bond donors (Lipinski definition) is 0. The Balaban J connectivity index is 2.62. The van der Waals surface area contributed by atoms with Crippen LogP contribution in [-0.4, -0.2) is 9.97 Å². The molecule has 0 unspecified atom stereocenters. The molecule has 19 heavy (non-hydrogen) atoms. The number of nitrogens with zero attached hydrogens (tertiary/aromatic N) is 3. The lowest BCUT2D eigenvalue weighted by Gasteiger charge is -2.16. The highest BCUT2D eigenvalue weighted by Crippen LogP contribution is 2.25. The van der Waals surface area contributed by atoms with Crippen LogP contribution in [-0.2, 0) is 5.41 Å². The number of benzene rings is 1. The average Bonchev–Trinajstić information content (AvgIpc) is 2.38. The lowest BCUT2D eigenvalue weighted by atomic mass is 9.94. The zero-order valence-electron chi connectivity index (χ0n) is 11.7. The van der Waals surface area contributed by atoms with Crippen LogP contribution in [0, 0.1) is 25.2 Å². The third kappa shape index (κ3) is 2.63. The van der Waals surface area contributed by atoms with Crippen molar-refractivity contribution in [3.05, 3.63) is 47.4 Å². The number of hydrogen-bond acceptors (Lipinski definition) is 3. The molecule has 2 aromatic rings. The minimum Gasteiger partial charge on any atom is -0.236 e. The largest absolute Gasteiger partial charge is 0.236 e. The molecule has 0 amide bonds. The molecule has 1 aromatic carbocycles. The highest BCUT2D eigenvalue weighted by molar-refractivity contribution is 5.63. The van der Waals surface area contributed by atoms with E-state index in [1.807, 2.05) is 45.0 Å². The summed E-state index contributed by atoms with van der Waals surface area (Å²) in [4.78, 5) is 8.97. The number of aromatic nitrogens is 2. The minimum absolute atomic E-state index is 0.577. The quantitative estimate of drug-likeness (QED) is 0.820. The first-order valence-corrected chi connectivity index (χ1v) is 6.27. The molecular weight excluding hydrogens is 234 g/mol. The summed E-state index contributed by atoms with van der Waals surface area (Å²) in [5.74, 6) is 0.577. The van der Waals surface area contributed by atoms with E-state index in [9.17, 15) is 5.26 Å². The molecule has 0 N–H and O–H groups in total. The van der Waals surface area contributed by atoms with E-state index in [1.54, 1.807) is 0 Å². The Morgan fingerprint density at radius 3 is 2.42 bits per heavy atom. The Morgan fingerprint density at radius 2 is 1.79 bits per heavy atom. The van der Waals surface area contributed by atoms with Crippen molar-refractivity contribution >= 4 is 0 Å². The Bertz CT molecular complexity index is 651. The van der Waals surface area contributed by atoms with Gasteiger partial charge < -0.3 is 0 Å². The van der Waals surface area contributed by atoms with Gasteiger partial charge in [-0.05, 0) is 39.3 Å². The van der Waals surface area contributed by atoms with Crippen LogP contribution in [0.1, 0.15) is 30.9 Å². The third-order valence-corrected chi connectivity index (χ3v) is 3.11. The van der Waals surface area contributed by atoms with Crippen LogP contribution < -0.4 is 0 Å². The molecule has 1 heterocycles. The summed E-state index contributed by atoms with van der Waals surface area (Å²) in [6, 6.07) is 12.3. The fraction of sp³-hybridized carbons (Fsp3) is 0.312. The van der Waals surface area contributed by atoms with Crippen molar-refractivity contribution in [2.45, 2.75) is 33.1 Å². The van der Waals surface area contributed by atoms with Crippen LogP contribution in [0.25, 0.3) is 11.3 Å². The van der Waals surface area contributed by atoms with Crippen LogP contribution in [0.4, 0.5) is 0 Å². The summed E-state index contributed by atoms with van der Waals surface area (Å²) >= 11 is 0. The van der Waals surface area contributed by atoms with Gasteiger partial charge in [-0.2, -0.15) is 5.26 Å². The van der Waals surface area contributed by atoms with Crippen LogP contribution in [0.5, 0.6) is 0 Å². The van der Waals surface area contributed by atoms with Crippen LogP contribution in [0.3, 0.4) is 0 Å². The molecule has 0 atom stereocenters. The van der Waals surface area contributed by atoms with E-state index in [0.717, 1.165) is 17.0 Å². The summed E-state index contributed by atoms with van der Waals surface area (Å²) in [6.07, 6.45) is 0. The first-order valence-electron chi connectivity index (χ1n) is 6.27. The smallest absolute Gasteiger partial charge is 0.148 e. The van der Waals surface area contributed by atoms with E-state index >= 15 is 0 Å². The van der Waals surface area contributed by atoms with Crippen molar-refractivity contribution in [2.75, 3.05) is 0 Å². The normalized spacial score (nSPS) is 11.1. The molecule has 0 aliphatic carbocycles. The van der Waals surface area contributed by atoms with Crippen molar-refractivity contribution in [3.8, 4) is 17.3 Å². The van der Waals surface area contributed by atoms with Crippen molar-refractivity contribution in [2.24, 2.45) is 0 Å². The second-order valence-electron chi connectivity index (χ2n) is 5.27. The highest BCUT2D eigenvalue weighted by Gasteiger charge is 2.24. The standard InChI is InChI=1S/C16H17N3/c1-11-7-5-6-8-13(11)14-9-12(2)18-15(19-14)16(3,4)10-17/h5-9H,1-4H3. The lowest BCUT2D eigenvalue weighted by molar-refractivity contribution is 0.626. The van der Waals surface area contributed by atoms with Gasteiger partial charge in [-0.1, -0.05) is 24.3 Å². The van der Waals surface area contributed by atoms with Gasteiger partial charge in [0.05, 0.1) is 11.8 Å². The molecule has 0 saturated carbocycles. The van der Waals surface area contributed by atoms with Crippen LogP contribution >= 0.6 is 0 Å². The summed E-state index contributed by atoms with van der Waals surface area (Å²) in [6.45, 7) is 7.66. The molecule has 0 aliphatic heterocycles. The fourth-order valence-corrected chi connectivity index (χ4v) is 1.90. The van der Waals surface area contributed by atoms with Gasteiger partial charge in [-0.25, -0.2) is 9.97 Å². The van der Waals surface area contributed by atoms with Crippen molar-refractivity contribution < 1.29 is 0 Å². The van der Waals surface area contributed by atoms with Crippen molar-refractivity contribution in [3.63, 3.8) is 0 Å². The van der Waals surface area contributed by atoms with Gasteiger partial charge in [-0.3, -0.25) is 0 Å². The maximum atomic E-state index is 9.22. The van der Waals surface area contributed by atoms with Crippen LogP contribution in [0.2, 0.25) is 0 Å². The molecular formula is C16H17N3. The second-order valence-corrected chi connectivity index (χ2v) is 5.27. The molecule has 0 saturated heterocycles. The Kier molecular flexibility index (Phi) is 3.35. The van der Waals surface area contributed by atoms with E-state index in [1.165, 1.54) is 5.56 Å². The van der Waals surface area contributed by atoms with Gasteiger partial charge in [0.1, 0.15) is 11.2 Å².